The van der Waals surface area contributed by atoms with Crippen LogP contribution in [0.2, 0.25) is 0 Å². The van der Waals surface area contributed by atoms with Gasteiger partial charge in [-0.05, 0) is 37.8 Å². The first-order valence-electron chi connectivity index (χ1n) is 9.55. The topological polar surface area (TPSA) is 87.8 Å². The molecule has 7 nitrogen and oxygen atoms in total. The predicted molar refractivity (Wildman–Crippen MR) is 108 cm³/mol. The first-order chi connectivity index (χ1) is 13.7. The van der Waals surface area contributed by atoms with Gasteiger partial charge in [-0.1, -0.05) is 23.7 Å². The highest BCUT2D eigenvalue weighted by Gasteiger charge is 2.21. The van der Waals surface area contributed by atoms with E-state index in [9.17, 15) is 9.90 Å². The Morgan fingerprint density at radius 3 is 3.11 bits per heavy atom. The van der Waals surface area contributed by atoms with Crippen LogP contribution in [0.4, 0.5) is 0 Å². The number of nitrogens with one attached hydrogen (secondary N) is 1. The summed E-state index contributed by atoms with van der Waals surface area (Å²) in [5, 5.41) is 16.2. The zero-order chi connectivity index (χ0) is 19.8. The van der Waals surface area contributed by atoms with E-state index in [2.05, 4.69) is 15.4 Å². The number of benzene rings is 1. The van der Waals surface area contributed by atoms with Crippen molar-refractivity contribution in [3.63, 3.8) is 0 Å². The number of nitrogens with zero attached hydrogens (tertiary/aromatic N) is 2. The quantitative estimate of drug-likeness (QED) is 0.620. The highest BCUT2D eigenvalue weighted by atomic mass is 32.2. The summed E-state index contributed by atoms with van der Waals surface area (Å²) in [6.45, 7) is 2.57. The largest absolute Gasteiger partial charge is 0.484 e. The molecule has 0 radical (unpaired) electrons. The van der Waals surface area contributed by atoms with Gasteiger partial charge in [0.2, 0.25) is 0 Å². The van der Waals surface area contributed by atoms with Crippen molar-refractivity contribution in [2.75, 3.05) is 32.5 Å². The molecular formula is C20H27N3O4S. The fraction of sp³-hybridized carbons (Fsp3) is 0.500. The molecule has 8 heteroatoms. The third-order valence-corrected chi connectivity index (χ3v) is 5.65. The molecule has 2 heterocycles. The van der Waals surface area contributed by atoms with Gasteiger partial charge in [-0.25, -0.2) is 0 Å². The van der Waals surface area contributed by atoms with Crippen LogP contribution in [0.15, 0.2) is 39.8 Å². The second kappa shape index (κ2) is 10.5. The normalized spacial score (nSPS) is 17.4. The van der Waals surface area contributed by atoms with Crippen molar-refractivity contribution in [3.05, 3.63) is 41.8 Å². The Morgan fingerprint density at radius 1 is 1.43 bits per heavy atom. The molecule has 1 aromatic carbocycles. The van der Waals surface area contributed by atoms with E-state index in [1.54, 1.807) is 17.8 Å². The summed E-state index contributed by atoms with van der Waals surface area (Å²) < 4.78 is 11.0. The zero-order valence-corrected chi connectivity index (χ0v) is 16.9. The number of carbonyl (C=O) groups is 1. The van der Waals surface area contributed by atoms with Crippen molar-refractivity contribution >= 4 is 17.7 Å². The molecule has 1 aliphatic rings. The van der Waals surface area contributed by atoms with Gasteiger partial charge in [-0.15, -0.1) is 11.8 Å². The summed E-state index contributed by atoms with van der Waals surface area (Å²) in [7, 11) is 0. The maximum absolute atomic E-state index is 12.3. The minimum absolute atomic E-state index is 0.167. The molecule has 1 atom stereocenters. The molecule has 1 aliphatic heterocycles. The summed E-state index contributed by atoms with van der Waals surface area (Å²) in [5.74, 6) is 1.01. The minimum Gasteiger partial charge on any atom is -0.484 e. The van der Waals surface area contributed by atoms with Gasteiger partial charge in [-0.2, -0.15) is 0 Å². The summed E-state index contributed by atoms with van der Waals surface area (Å²) >= 11 is 1.61. The Morgan fingerprint density at radius 2 is 2.29 bits per heavy atom. The average Bonchev–Trinajstić information content (AvgIpc) is 3.22. The van der Waals surface area contributed by atoms with Crippen LogP contribution < -0.4 is 10.1 Å². The van der Waals surface area contributed by atoms with Crippen molar-refractivity contribution in [3.8, 4) is 5.75 Å². The Bertz CT molecular complexity index is 767. The minimum atomic E-state index is -0.267. The zero-order valence-electron chi connectivity index (χ0n) is 16.1. The molecule has 28 heavy (non-hydrogen) atoms. The van der Waals surface area contributed by atoms with Gasteiger partial charge >= 0.3 is 0 Å². The van der Waals surface area contributed by atoms with Crippen LogP contribution in [0.3, 0.4) is 0 Å². The lowest BCUT2D eigenvalue weighted by atomic mass is 10.0. The van der Waals surface area contributed by atoms with E-state index in [1.165, 1.54) is 0 Å². The summed E-state index contributed by atoms with van der Waals surface area (Å²) in [6.07, 6.45) is 5.29. The molecule has 1 saturated heterocycles. The van der Waals surface area contributed by atoms with E-state index >= 15 is 0 Å². The van der Waals surface area contributed by atoms with Crippen LogP contribution in [-0.4, -0.2) is 59.6 Å². The molecule has 2 aromatic rings. The standard InChI is InChI=1S/C20H27N3O4S/c1-28-19-8-3-2-7-18(19)26-14-16-12-17(22-27-16)20(25)21-9-11-23-10-5-4-6-15(23)13-24/h2-3,7-8,12,15,24H,4-6,9-11,13-14H2,1H3,(H,21,25)/t15-/m1/s1. The van der Waals surface area contributed by atoms with Crippen molar-refractivity contribution in [2.45, 2.75) is 36.8 Å². The number of thioether (sulfide) groups is 1. The van der Waals surface area contributed by atoms with Crippen LogP contribution in [0.1, 0.15) is 35.5 Å². The SMILES string of the molecule is CSc1ccccc1OCc1cc(C(=O)NCCN2CCCC[C@@H]2CO)no1. The molecule has 1 amide bonds. The number of ether oxygens (including phenoxy) is 1. The van der Waals surface area contributed by atoms with Crippen LogP contribution in [0.5, 0.6) is 5.75 Å². The average molecular weight is 406 g/mol. The second-order valence-electron chi connectivity index (χ2n) is 6.74. The first kappa shape index (κ1) is 20.7. The highest BCUT2D eigenvalue weighted by molar-refractivity contribution is 7.98. The van der Waals surface area contributed by atoms with Gasteiger partial charge < -0.3 is 19.7 Å². The van der Waals surface area contributed by atoms with E-state index < -0.39 is 0 Å². The molecule has 0 unspecified atom stereocenters. The van der Waals surface area contributed by atoms with E-state index in [1.807, 2.05) is 30.5 Å². The number of aliphatic hydroxyl groups is 1. The Labute approximate surface area is 169 Å². The predicted octanol–water partition coefficient (Wildman–Crippen LogP) is 2.55. The molecule has 152 valence electrons. The smallest absolute Gasteiger partial charge is 0.273 e. The Hall–Kier alpha value is -2.03. The first-order valence-corrected chi connectivity index (χ1v) is 10.8. The molecule has 0 aliphatic carbocycles. The Balaban J connectivity index is 1.46. The number of hydrogen-bond acceptors (Lipinski definition) is 7. The number of rotatable bonds is 9. The van der Waals surface area contributed by atoms with Crippen molar-refractivity contribution in [2.24, 2.45) is 0 Å². The van der Waals surface area contributed by atoms with E-state index in [4.69, 9.17) is 9.26 Å². The third-order valence-electron chi connectivity index (χ3n) is 4.87. The van der Waals surface area contributed by atoms with Gasteiger partial charge in [0.25, 0.3) is 5.91 Å². The van der Waals surface area contributed by atoms with Crippen molar-refractivity contribution < 1.29 is 19.2 Å². The summed E-state index contributed by atoms with van der Waals surface area (Å²) in [5.41, 5.74) is 0.245. The molecule has 3 rings (SSSR count). The molecule has 1 fully saturated rings. The molecule has 2 N–H and O–H groups in total. The lowest BCUT2D eigenvalue weighted by Gasteiger charge is -2.34. The number of aromatic nitrogens is 1. The van der Waals surface area contributed by atoms with E-state index in [0.717, 1.165) is 43.0 Å². The summed E-state index contributed by atoms with van der Waals surface area (Å²) in [4.78, 5) is 15.6. The molecule has 1 aromatic heterocycles. The molecular weight excluding hydrogens is 378 g/mol. The lowest BCUT2D eigenvalue weighted by Crippen LogP contribution is -2.45. The third kappa shape index (κ3) is 5.50. The maximum Gasteiger partial charge on any atom is 0.273 e. The van der Waals surface area contributed by atoms with Gasteiger partial charge in [-0.3, -0.25) is 9.69 Å². The van der Waals surface area contributed by atoms with E-state index in [0.29, 0.717) is 12.3 Å². The molecule has 0 saturated carbocycles. The van der Waals surface area contributed by atoms with E-state index in [-0.39, 0.29) is 30.9 Å². The molecule has 0 spiro atoms. The fourth-order valence-corrected chi connectivity index (χ4v) is 3.88. The van der Waals surface area contributed by atoms with Gasteiger partial charge in [0.1, 0.15) is 12.4 Å². The van der Waals surface area contributed by atoms with Crippen LogP contribution in [0.25, 0.3) is 0 Å². The van der Waals surface area contributed by atoms with Crippen LogP contribution >= 0.6 is 11.8 Å². The fourth-order valence-electron chi connectivity index (χ4n) is 3.34. The molecule has 0 bridgehead atoms. The number of likely N-dealkylation sites (tertiary alicyclic amines) is 1. The number of piperidine rings is 1. The maximum atomic E-state index is 12.3. The van der Waals surface area contributed by atoms with Crippen molar-refractivity contribution in [1.29, 1.82) is 0 Å². The Kier molecular flexibility index (Phi) is 7.76. The van der Waals surface area contributed by atoms with Crippen LogP contribution in [0, 0.1) is 0 Å². The van der Waals surface area contributed by atoms with Crippen LogP contribution in [-0.2, 0) is 6.61 Å². The van der Waals surface area contributed by atoms with Gasteiger partial charge in [0.05, 0.1) is 6.61 Å². The monoisotopic (exact) mass is 405 g/mol. The van der Waals surface area contributed by atoms with Crippen molar-refractivity contribution in [1.82, 2.24) is 15.4 Å². The lowest BCUT2D eigenvalue weighted by molar-refractivity contribution is 0.0845. The van der Waals surface area contributed by atoms with Gasteiger partial charge in [0.15, 0.2) is 11.5 Å². The number of hydrogen-bond donors (Lipinski definition) is 2. The number of carbonyl (C=O) groups excluding carboxylic acids is 1. The summed E-state index contributed by atoms with van der Waals surface area (Å²) in [6, 6.07) is 9.57. The number of amides is 1. The number of aliphatic hydroxyl groups excluding tert-OH is 1. The number of para-hydroxylation sites is 1. The second-order valence-corrected chi connectivity index (χ2v) is 7.59. The highest BCUT2D eigenvalue weighted by Crippen LogP contribution is 2.27. The van der Waals surface area contributed by atoms with Gasteiger partial charge in [0, 0.05) is 30.1 Å².